The van der Waals surface area contributed by atoms with Gasteiger partial charge in [-0.1, -0.05) is 29.8 Å². The number of nitrogens with zero attached hydrogens (tertiary/aromatic N) is 1. The van der Waals surface area contributed by atoms with Crippen molar-refractivity contribution >= 4 is 17.5 Å². The van der Waals surface area contributed by atoms with Crippen LogP contribution < -0.4 is 0 Å². The lowest BCUT2D eigenvalue weighted by atomic mass is 10.2. The first kappa shape index (κ1) is 11.8. The fourth-order valence-corrected chi connectivity index (χ4v) is 1.53. The van der Waals surface area contributed by atoms with Crippen LogP contribution in [0, 0.1) is 0 Å². The number of carbonyl (C=O) groups is 1. The summed E-state index contributed by atoms with van der Waals surface area (Å²) in [6.07, 6.45) is 1.71. The van der Waals surface area contributed by atoms with Gasteiger partial charge in [0.1, 0.15) is 0 Å². The molecule has 0 saturated carbocycles. The molecule has 15 heavy (non-hydrogen) atoms. The Bertz CT molecular complexity index is 362. The number of hydrogen-bond acceptors (Lipinski definition) is 1. The van der Waals surface area contributed by atoms with E-state index in [1.807, 2.05) is 13.0 Å². The zero-order chi connectivity index (χ0) is 11.3. The van der Waals surface area contributed by atoms with Gasteiger partial charge in [0.2, 0.25) is 0 Å². The Morgan fingerprint density at radius 2 is 2.20 bits per heavy atom. The van der Waals surface area contributed by atoms with Gasteiger partial charge in [-0.25, -0.2) is 0 Å². The number of benzene rings is 1. The molecule has 0 aliphatic carbocycles. The van der Waals surface area contributed by atoms with Gasteiger partial charge in [-0.05, 0) is 19.1 Å². The van der Waals surface area contributed by atoms with Crippen LogP contribution in [-0.4, -0.2) is 23.9 Å². The number of likely N-dealkylation sites (N-methyl/N-ethyl adjacent to an activating group) is 1. The number of halogens is 1. The molecule has 0 heterocycles. The smallest absolute Gasteiger partial charge is 0.255 e. The van der Waals surface area contributed by atoms with Gasteiger partial charge in [-0.15, -0.1) is 6.58 Å². The first-order chi connectivity index (χ1) is 7.20. The standard InChI is InChI=1S/C12H14ClNO/c1-3-9-14(4-2)12(15)10-7-5-6-8-11(10)13/h3,5-8H,1,4,9H2,2H3. The first-order valence-corrected chi connectivity index (χ1v) is 5.23. The summed E-state index contributed by atoms with van der Waals surface area (Å²) < 4.78 is 0. The predicted molar refractivity (Wildman–Crippen MR) is 63.2 cm³/mol. The van der Waals surface area contributed by atoms with Crippen molar-refractivity contribution in [1.29, 1.82) is 0 Å². The molecule has 1 rings (SSSR count). The van der Waals surface area contributed by atoms with Crippen molar-refractivity contribution < 1.29 is 4.79 Å². The molecule has 1 aromatic carbocycles. The molecule has 0 bridgehead atoms. The van der Waals surface area contributed by atoms with E-state index in [2.05, 4.69) is 6.58 Å². The van der Waals surface area contributed by atoms with Crippen molar-refractivity contribution in [3.8, 4) is 0 Å². The Hall–Kier alpha value is -1.28. The minimum atomic E-state index is -0.0528. The molecule has 0 unspecified atom stereocenters. The molecule has 0 spiro atoms. The van der Waals surface area contributed by atoms with Gasteiger partial charge in [0.05, 0.1) is 10.6 Å². The molecule has 0 atom stereocenters. The van der Waals surface area contributed by atoms with Gasteiger partial charge in [0.25, 0.3) is 5.91 Å². The van der Waals surface area contributed by atoms with Crippen molar-refractivity contribution in [2.75, 3.05) is 13.1 Å². The maximum atomic E-state index is 12.0. The molecular weight excluding hydrogens is 210 g/mol. The van der Waals surface area contributed by atoms with Gasteiger partial charge in [-0.3, -0.25) is 4.79 Å². The Morgan fingerprint density at radius 1 is 1.53 bits per heavy atom. The maximum absolute atomic E-state index is 12.0. The van der Waals surface area contributed by atoms with E-state index in [9.17, 15) is 4.79 Å². The number of rotatable bonds is 4. The summed E-state index contributed by atoms with van der Waals surface area (Å²) in [5, 5.41) is 0.491. The predicted octanol–water partition coefficient (Wildman–Crippen LogP) is 2.99. The van der Waals surface area contributed by atoms with E-state index in [1.165, 1.54) is 0 Å². The Kier molecular flexibility index (Phi) is 4.37. The highest BCUT2D eigenvalue weighted by atomic mass is 35.5. The van der Waals surface area contributed by atoms with Crippen LogP contribution in [-0.2, 0) is 0 Å². The van der Waals surface area contributed by atoms with Gasteiger partial charge < -0.3 is 4.90 Å². The third-order valence-corrected chi connectivity index (χ3v) is 2.45. The van der Waals surface area contributed by atoms with Gasteiger partial charge in [0, 0.05) is 13.1 Å². The summed E-state index contributed by atoms with van der Waals surface area (Å²) in [4.78, 5) is 13.7. The van der Waals surface area contributed by atoms with E-state index in [0.29, 0.717) is 23.7 Å². The summed E-state index contributed by atoms with van der Waals surface area (Å²) in [5.41, 5.74) is 0.544. The minimum Gasteiger partial charge on any atom is -0.335 e. The Labute approximate surface area is 95.2 Å². The van der Waals surface area contributed by atoms with E-state index in [1.54, 1.807) is 29.2 Å². The van der Waals surface area contributed by atoms with Crippen LogP contribution >= 0.6 is 11.6 Å². The van der Waals surface area contributed by atoms with Crippen LogP contribution in [0.5, 0.6) is 0 Å². The molecule has 0 fully saturated rings. The van der Waals surface area contributed by atoms with Crippen LogP contribution in [0.25, 0.3) is 0 Å². The average Bonchev–Trinajstić information content (AvgIpc) is 2.25. The lowest BCUT2D eigenvalue weighted by Crippen LogP contribution is -2.31. The topological polar surface area (TPSA) is 20.3 Å². The summed E-state index contributed by atoms with van der Waals surface area (Å²) in [5.74, 6) is -0.0528. The van der Waals surface area contributed by atoms with E-state index >= 15 is 0 Å². The fourth-order valence-electron chi connectivity index (χ4n) is 1.32. The van der Waals surface area contributed by atoms with Crippen molar-refractivity contribution in [3.05, 3.63) is 47.5 Å². The fraction of sp³-hybridized carbons (Fsp3) is 0.250. The zero-order valence-electron chi connectivity index (χ0n) is 8.74. The highest BCUT2D eigenvalue weighted by molar-refractivity contribution is 6.33. The number of carbonyl (C=O) groups excluding carboxylic acids is 1. The molecular formula is C12H14ClNO. The molecule has 0 aromatic heterocycles. The normalized spacial score (nSPS) is 9.73. The van der Waals surface area contributed by atoms with Crippen LogP contribution in [0.3, 0.4) is 0 Å². The summed E-state index contributed by atoms with van der Waals surface area (Å²) in [7, 11) is 0. The van der Waals surface area contributed by atoms with E-state index in [-0.39, 0.29) is 5.91 Å². The van der Waals surface area contributed by atoms with Crippen LogP contribution in [0.4, 0.5) is 0 Å². The third kappa shape index (κ3) is 2.83. The molecule has 0 saturated heterocycles. The van der Waals surface area contributed by atoms with Gasteiger partial charge >= 0.3 is 0 Å². The molecule has 80 valence electrons. The first-order valence-electron chi connectivity index (χ1n) is 4.85. The molecule has 0 radical (unpaired) electrons. The van der Waals surface area contributed by atoms with Crippen LogP contribution in [0.15, 0.2) is 36.9 Å². The van der Waals surface area contributed by atoms with Crippen LogP contribution in [0.2, 0.25) is 5.02 Å². The number of hydrogen-bond donors (Lipinski definition) is 0. The highest BCUT2D eigenvalue weighted by Crippen LogP contribution is 2.16. The van der Waals surface area contributed by atoms with E-state index in [0.717, 1.165) is 0 Å². The minimum absolute atomic E-state index is 0.0528. The van der Waals surface area contributed by atoms with Crippen molar-refractivity contribution in [2.24, 2.45) is 0 Å². The summed E-state index contributed by atoms with van der Waals surface area (Å²) >= 11 is 5.95. The van der Waals surface area contributed by atoms with Crippen molar-refractivity contribution in [3.63, 3.8) is 0 Å². The zero-order valence-corrected chi connectivity index (χ0v) is 9.50. The molecule has 0 aliphatic heterocycles. The molecule has 2 nitrogen and oxygen atoms in total. The molecule has 1 amide bonds. The third-order valence-electron chi connectivity index (χ3n) is 2.12. The SMILES string of the molecule is C=CCN(CC)C(=O)c1ccccc1Cl. The second-order valence-electron chi connectivity index (χ2n) is 3.11. The summed E-state index contributed by atoms with van der Waals surface area (Å²) in [6, 6.07) is 7.07. The lowest BCUT2D eigenvalue weighted by Gasteiger charge is -2.19. The molecule has 3 heteroatoms. The van der Waals surface area contributed by atoms with Crippen LogP contribution in [0.1, 0.15) is 17.3 Å². The van der Waals surface area contributed by atoms with Gasteiger partial charge in [-0.2, -0.15) is 0 Å². The number of amides is 1. The monoisotopic (exact) mass is 223 g/mol. The Morgan fingerprint density at radius 3 is 2.73 bits per heavy atom. The quantitative estimate of drug-likeness (QED) is 0.719. The highest BCUT2D eigenvalue weighted by Gasteiger charge is 2.14. The van der Waals surface area contributed by atoms with E-state index in [4.69, 9.17) is 11.6 Å². The molecule has 1 aromatic rings. The van der Waals surface area contributed by atoms with Crippen molar-refractivity contribution in [2.45, 2.75) is 6.92 Å². The lowest BCUT2D eigenvalue weighted by molar-refractivity contribution is 0.0782. The molecule has 0 aliphatic rings. The van der Waals surface area contributed by atoms with Crippen molar-refractivity contribution in [1.82, 2.24) is 4.90 Å². The largest absolute Gasteiger partial charge is 0.335 e. The van der Waals surface area contributed by atoms with E-state index < -0.39 is 0 Å². The summed E-state index contributed by atoms with van der Waals surface area (Å²) in [6.45, 7) is 6.74. The van der Waals surface area contributed by atoms with Gasteiger partial charge in [0.15, 0.2) is 0 Å². The Balaban J connectivity index is 2.92. The average molecular weight is 224 g/mol. The molecule has 0 N–H and O–H groups in total. The maximum Gasteiger partial charge on any atom is 0.255 e. The second kappa shape index (κ2) is 5.56. The second-order valence-corrected chi connectivity index (χ2v) is 3.52.